The zero-order valence-corrected chi connectivity index (χ0v) is 12.1. The number of hydrogen-bond donors (Lipinski definition) is 2. The number of rotatable bonds is 2. The van der Waals surface area contributed by atoms with Gasteiger partial charge in [0.25, 0.3) is 0 Å². The van der Waals surface area contributed by atoms with Crippen molar-refractivity contribution in [3.8, 4) is 22.4 Å². The normalized spacial score (nSPS) is 12.0. The highest BCUT2D eigenvalue weighted by atomic mass is 35.5. The van der Waals surface area contributed by atoms with E-state index in [4.69, 9.17) is 16.7 Å². The van der Waals surface area contributed by atoms with Crippen LogP contribution in [-0.4, -0.2) is 26.5 Å². The predicted molar refractivity (Wildman–Crippen MR) is 82.0 cm³/mol. The number of carboxylic acids is 1. The molecule has 5 nitrogen and oxygen atoms in total. The van der Waals surface area contributed by atoms with Crippen LogP contribution in [0.15, 0.2) is 36.4 Å². The van der Waals surface area contributed by atoms with Crippen molar-refractivity contribution in [3.63, 3.8) is 0 Å². The molecule has 1 heterocycles. The van der Waals surface area contributed by atoms with Crippen LogP contribution in [0.5, 0.6) is 0 Å². The Kier molecular flexibility index (Phi) is 2.77. The average Bonchev–Trinajstić information content (AvgIpc) is 3.10. The molecule has 1 aromatic heterocycles. The lowest BCUT2D eigenvalue weighted by molar-refractivity contribution is 0.0691. The number of nitrogens with one attached hydrogen (secondary N) is 1. The Labute approximate surface area is 130 Å². The van der Waals surface area contributed by atoms with Gasteiger partial charge in [-0.3, -0.25) is 5.10 Å². The summed E-state index contributed by atoms with van der Waals surface area (Å²) in [7, 11) is 0. The third kappa shape index (κ3) is 1.90. The molecule has 0 aliphatic heterocycles. The molecule has 1 aliphatic rings. The Hall–Kier alpha value is -2.66. The van der Waals surface area contributed by atoms with Crippen molar-refractivity contribution in [2.45, 2.75) is 6.42 Å². The molecule has 0 atom stereocenters. The number of benzene rings is 2. The Bertz CT molecular complexity index is 918. The van der Waals surface area contributed by atoms with Gasteiger partial charge in [-0.1, -0.05) is 35.0 Å². The molecule has 0 unspecified atom stereocenters. The molecule has 2 aromatic carbocycles. The number of hydrogen-bond acceptors (Lipinski definition) is 3. The summed E-state index contributed by atoms with van der Waals surface area (Å²) in [5.41, 5.74) is 5.72. The molecule has 0 bridgehead atoms. The third-order valence-electron chi connectivity index (χ3n) is 3.88. The van der Waals surface area contributed by atoms with Gasteiger partial charge in [-0.15, -0.1) is 5.10 Å². The summed E-state index contributed by atoms with van der Waals surface area (Å²) in [5.74, 6) is -1.07. The van der Waals surface area contributed by atoms with Crippen LogP contribution >= 0.6 is 11.6 Å². The highest BCUT2D eigenvalue weighted by Crippen LogP contribution is 2.39. The maximum Gasteiger partial charge on any atom is 0.356 e. The Morgan fingerprint density at radius 3 is 2.64 bits per heavy atom. The molecule has 2 N–H and O–H groups in total. The van der Waals surface area contributed by atoms with Crippen LogP contribution in [0.1, 0.15) is 21.6 Å². The molecule has 6 heteroatoms. The van der Waals surface area contributed by atoms with Gasteiger partial charge in [0.1, 0.15) is 5.69 Å². The van der Waals surface area contributed by atoms with Crippen molar-refractivity contribution in [2.24, 2.45) is 0 Å². The van der Waals surface area contributed by atoms with Gasteiger partial charge in [-0.2, -0.15) is 0 Å². The maximum atomic E-state index is 11.2. The predicted octanol–water partition coefficient (Wildman–Crippen LogP) is 3.39. The fourth-order valence-electron chi connectivity index (χ4n) is 2.91. The summed E-state index contributed by atoms with van der Waals surface area (Å²) < 4.78 is 0. The number of nitrogens with zero attached hydrogens (tertiary/aromatic N) is 2. The van der Waals surface area contributed by atoms with Crippen molar-refractivity contribution >= 4 is 17.6 Å². The van der Waals surface area contributed by atoms with Crippen LogP contribution in [-0.2, 0) is 6.42 Å². The van der Waals surface area contributed by atoms with Gasteiger partial charge in [0.05, 0.1) is 0 Å². The zero-order chi connectivity index (χ0) is 15.3. The molecule has 0 fully saturated rings. The van der Waals surface area contributed by atoms with E-state index in [-0.39, 0.29) is 5.69 Å². The molecule has 22 heavy (non-hydrogen) atoms. The number of halogens is 1. The highest BCUT2D eigenvalue weighted by Gasteiger charge is 2.21. The first-order valence-corrected chi connectivity index (χ1v) is 7.08. The molecular weight excluding hydrogens is 302 g/mol. The average molecular weight is 312 g/mol. The monoisotopic (exact) mass is 311 g/mol. The number of fused-ring (bicyclic) bond motifs is 3. The largest absolute Gasteiger partial charge is 0.476 e. The summed E-state index contributed by atoms with van der Waals surface area (Å²) in [4.78, 5) is 11.2. The lowest BCUT2D eigenvalue weighted by atomic mass is 10.0. The van der Waals surface area contributed by atoms with E-state index in [9.17, 15) is 4.79 Å². The molecular formula is C16H10ClN3O2. The van der Waals surface area contributed by atoms with Crippen molar-refractivity contribution in [1.29, 1.82) is 0 Å². The Morgan fingerprint density at radius 2 is 1.86 bits per heavy atom. The van der Waals surface area contributed by atoms with Crippen molar-refractivity contribution in [2.75, 3.05) is 0 Å². The zero-order valence-electron chi connectivity index (χ0n) is 11.3. The van der Waals surface area contributed by atoms with E-state index in [1.165, 1.54) is 11.1 Å². The van der Waals surface area contributed by atoms with E-state index in [0.29, 0.717) is 5.69 Å². The summed E-state index contributed by atoms with van der Waals surface area (Å²) in [6.07, 6.45) is 0.777. The summed E-state index contributed by atoms with van der Waals surface area (Å²) in [6, 6.07) is 11.7. The minimum Gasteiger partial charge on any atom is -0.476 e. The quantitative estimate of drug-likeness (QED) is 0.594. The molecule has 0 amide bonds. The van der Waals surface area contributed by atoms with Crippen LogP contribution in [0, 0.1) is 0 Å². The van der Waals surface area contributed by atoms with Crippen LogP contribution in [0.3, 0.4) is 0 Å². The molecule has 4 rings (SSSR count). The first-order chi connectivity index (χ1) is 10.6. The number of aromatic nitrogens is 3. The fourth-order valence-corrected chi connectivity index (χ4v) is 3.10. The standard InChI is InChI=1S/C16H10ClN3O2/c17-11-2-4-13-10(7-11)6-9-5-8(1-3-12(9)13)14-15(16(21)22)19-20-18-14/h1-5,7H,6H2,(H,21,22)(H,18,19,20). The Balaban J connectivity index is 1.82. The molecule has 0 saturated carbocycles. The van der Waals surface area contributed by atoms with Crippen LogP contribution in [0.4, 0.5) is 0 Å². The van der Waals surface area contributed by atoms with Crippen molar-refractivity contribution < 1.29 is 9.90 Å². The van der Waals surface area contributed by atoms with E-state index in [1.807, 2.05) is 36.4 Å². The fraction of sp³-hybridized carbons (Fsp3) is 0.0625. The Morgan fingerprint density at radius 1 is 1.14 bits per heavy atom. The van der Waals surface area contributed by atoms with E-state index >= 15 is 0 Å². The van der Waals surface area contributed by atoms with Gasteiger partial charge in [0.15, 0.2) is 5.69 Å². The lowest BCUT2D eigenvalue weighted by Crippen LogP contribution is -1.99. The molecule has 0 spiro atoms. The SMILES string of the molecule is O=C(O)c1[nH]nnc1-c1ccc2c(c1)Cc1cc(Cl)ccc1-2. The topological polar surface area (TPSA) is 78.9 Å². The van der Waals surface area contributed by atoms with Gasteiger partial charge < -0.3 is 5.11 Å². The third-order valence-corrected chi connectivity index (χ3v) is 4.11. The first kappa shape index (κ1) is 13.0. The number of H-pyrrole nitrogens is 1. The van der Waals surface area contributed by atoms with Gasteiger partial charge in [-0.05, 0) is 46.9 Å². The number of aromatic amines is 1. The van der Waals surface area contributed by atoms with Crippen LogP contribution in [0.25, 0.3) is 22.4 Å². The second kappa shape index (κ2) is 4.68. The summed E-state index contributed by atoms with van der Waals surface area (Å²) in [5, 5.41) is 19.8. The maximum absolute atomic E-state index is 11.2. The first-order valence-electron chi connectivity index (χ1n) is 6.70. The van der Waals surface area contributed by atoms with E-state index in [0.717, 1.165) is 28.1 Å². The van der Waals surface area contributed by atoms with Crippen LogP contribution < -0.4 is 0 Å². The molecule has 108 valence electrons. The van der Waals surface area contributed by atoms with Crippen molar-refractivity contribution in [3.05, 3.63) is 58.2 Å². The summed E-state index contributed by atoms with van der Waals surface area (Å²) >= 11 is 6.05. The second-order valence-electron chi connectivity index (χ2n) is 5.19. The van der Waals surface area contributed by atoms with Gasteiger partial charge in [0, 0.05) is 10.6 Å². The smallest absolute Gasteiger partial charge is 0.356 e. The number of aromatic carboxylic acids is 1. The molecule has 3 aromatic rings. The minimum absolute atomic E-state index is 0.00138. The van der Waals surface area contributed by atoms with Crippen LogP contribution in [0.2, 0.25) is 5.02 Å². The molecule has 1 aliphatic carbocycles. The number of carbonyl (C=O) groups is 1. The summed E-state index contributed by atoms with van der Waals surface area (Å²) in [6.45, 7) is 0. The van der Waals surface area contributed by atoms with Gasteiger partial charge >= 0.3 is 5.97 Å². The minimum atomic E-state index is -1.07. The van der Waals surface area contributed by atoms with E-state index in [1.54, 1.807) is 0 Å². The van der Waals surface area contributed by atoms with E-state index < -0.39 is 5.97 Å². The molecule has 0 radical (unpaired) electrons. The molecule has 0 saturated heterocycles. The van der Waals surface area contributed by atoms with Gasteiger partial charge in [-0.25, -0.2) is 4.79 Å². The van der Waals surface area contributed by atoms with E-state index in [2.05, 4.69) is 15.4 Å². The highest BCUT2D eigenvalue weighted by molar-refractivity contribution is 6.30. The second-order valence-corrected chi connectivity index (χ2v) is 5.63. The lowest BCUT2D eigenvalue weighted by Gasteiger charge is -2.04. The number of carboxylic acid groups (broad SMARTS) is 1. The van der Waals surface area contributed by atoms with Crippen molar-refractivity contribution in [1.82, 2.24) is 15.4 Å². The van der Waals surface area contributed by atoms with Gasteiger partial charge in [0.2, 0.25) is 0 Å².